The number of rotatable bonds is 8. The van der Waals surface area contributed by atoms with E-state index in [0.29, 0.717) is 0 Å². The second kappa shape index (κ2) is 9.82. The van der Waals surface area contributed by atoms with Crippen LogP contribution in [0.1, 0.15) is 70.3 Å². The maximum atomic E-state index is 12.8. The highest BCUT2D eigenvalue weighted by atomic mass is 19.1. The molecule has 0 saturated heterocycles. The fourth-order valence-electron chi connectivity index (χ4n) is 3.57. The summed E-state index contributed by atoms with van der Waals surface area (Å²) in [6.45, 7) is 2.29. The molecule has 0 amide bonds. The van der Waals surface area contributed by atoms with Crippen molar-refractivity contribution in [3.8, 4) is 0 Å². The third-order valence-electron chi connectivity index (χ3n) is 5.09. The van der Waals surface area contributed by atoms with Crippen LogP contribution in [0.25, 0.3) is 0 Å². The van der Waals surface area contributed by atoms with Crippen molar-refractivity contribution in [3.63, 3.8) is 0 Å². The number of hydrogen-bond acceptors (Lipinski definition) is 0. The van der Waals surface area contributed by atoms with Crippen LogP contribution in [0, 0.1) is 17.7 Å². The molecule has 1 saturated carbocycles. The first kappa shape index (κ1) is 17.2. The summed E-state index contributed by atoms with van der Waals surface area (Å²) in [6, 6.07) is 6.84. The van der Waals surface area contributed by atoms with Gasteiger partial charge in [0.25, 0.3) is 0 Å². The van der Waals surface area contributed by atoms with Crippen molar-refractivity contribution in [1.82, 2.24) is 0 Å². The van der Waals surface area contributed by atoms with Crippen LogP contribution in [0.5, 0.6) is 0 Å². The van der Waals surface area contributed by atoms with Crippen LogP contribution in [-0.2, 0) is 6.42 Å². The van der Waals surface area contributed by atoms with Crippen molar-refractivity contribution in [3.05, 3.63) is 47.8 Å². The molecule has 1 fully saturated rings. The molecule has 0 unspecified atom stereocenters. The standard InChI is InChI=1S/C21H31F/c1-2-3-4-7-18-10-12-19(13-11-18)8-5-6-9-20-14-16-21(22)17-15-20/h5-6,14-19H,2-4,7-13H2,1H3. The van der Waals surface area contributed by atoms with E-state index in [2.05, 4.69) is 19.1 Å². The van der Waals surface area contributed by atoms with E-state index in [1.807, 2.05) is 12.1 Å². The van der Waals surface area contributed by atoms with Crippen LogP contribution in [-0.4, -0.2) is 0 Å². The molecule has 0 spiro atoms. The summed E-state index contributed by atoms with van der Waals surface area (Å²) in [5, 5.41) is 0. The average molecular weight is 302 g/mol. The van der Waals surface area contributed by atoms with Crippen LogP contribution in [0.15, 0.2) is 36.4 Å². The molecule has 1 aliphatic carbocycles. The molecule has 0 nitrogen and oxygen atoms in total. The minimum absolute atomic E-state index is 0.150. The van der Waals surface area contributed by atoms with E-state index in [1.54, 1.807) is 12.1 Å². The van der Waals surface area contributed by atoms with Gasteiger partial charge in [0.2, 0.25) is 0 Å². The van der Waals surface area contributed by atoms with Crippen LogP contribution in [0.3, 0.4) is 0 Å². The highest BCUT2D eigenvalue weighted by Crippen LogP contribution is 2.33. The number of halogens is 1. The van der Waals surface area contributed by atoms with Crippen molar-refractivity contribution in [2.24, 2.45) is 11.8 Å². The summed E-state index contributed by atoms with van der Waals surface area (Å²) in [7, 11) is 0. The highest BCUT2D eigenvalue weighted by molar-refractivity contribution is 5.18. The van der Waals surface area contributed by atoms with Gasteiger partial charge >= 0.3 is 0 Å². The summed E-state index contributed by atoms with van der Waals surface area (Å²) < 4.78 is 12.8. The quantitative estimate of drug-likeness (QED) is 0.370. The van der Waals surface area contributed by atoms with Gasteiger partial charge in [0, 0.05) is 0 Å². The predicted octanol–water partition coefficient (Wildman–Crippen LogP) is 6.70. The van der Waals surface area contributed by atoms with E-state index in [1.165, 1.54) is 63.4 Å². The Labute approximate surface area is 135 Å². The van der Waals surface area contributed by atoms with Crippen molar-refractivity contribution >= 4 is 0 Å². The molecule has 122 valence electrons. The Morgan fingerprint density at radius 2 is 1.64 bits per heavy atom. The predicted molar refractivity (Wildman–Crippen MR) is 93.5 cm³/mol. The van der Waals surface area contributed by atoms with E-state index in [-0.39, 0.29) is 5.82 Å². The molecule has 0 aliphatic heterocycles. The monoisotopic (exact) mass is 302 g/mol. The van der Waals surface area contributed by atoms with Crippen molar-refractivity contribution in [2.75, 3.05) is 0 Å². The Hall–Kier alpha value is -1.11. The van der Waals surface area contributed by atoms with E-state index >= 15 is 0 Å². The summed E-state index contributed by atoms with van der Waals surface area (Å²) in [6.07, 6.45) is 18.1. The Balaban J connectivity index is 1.60. The zero-order chi connectivity index (χ0) is 15.6. The Morgan fingerprint density at radius 1 is 0.955 bits per heavy atom. The van der Waals surface area contributed by atoms with Gasteiger partial charge in [-0.3, -0.25) is 0 Å². The summed E-state index contributed by atoms with van der Waals surface area (Å²) in [5.74, 6) is 1.75. The molecule has 1 heteroatoms. The molecule has 0 radical (unpaired) electrons. The Kier molecular flexibility index (Phi) is 7.70. The Bertz CT molecular complexity index is 424. The lowest BCUT2D eigenvalue weighted by molar-refractivity contribution is 0.260. The molecule has 1 aliphatic rings. The van der Waals surface area contributed by atoms with Gasteiger partial charge in [0.15, 0.2) is 0 Å². The minimum Gasteiger partial charge on any atom is -0.207 e. The number of hydrogen-bond donors (Lipinski definition) is 0. The fourth-order valence-corrected chi connectivity index (χ4v) is 3.57. The zero-order valence-electron chi connectivity index (χ0n) is 14.1. The van der Waals surface area contributed by atoms with Gasteiger partial charge in [-0.2, -0.15) is 0 Å². The molecule has 0 N–H and O–H groups in total. The smallest absolute Gasteiger partial charge is 0.123 e. The second-order valence-electron chi connectivity index (χ2n) is 6.92. The lowest BCUT2D eigenvalue weighted by Gasteiger charge is -2.27. The van der Waals surface area contributed by atoms with Gasteiger partial charge in [0.1, 0.15) is 5.82 Å². The SMILES string of the molecule is CCCCCC1CCC(CC=CCc2ccc(F)cc2)CC1. The molecule has 2 rings (SSSR count). The Morgan fingerprint density at radius 3 is 2.32 bits per heavy atom. The zero-order valence-corrected chi connectivity index (χ0v) is 14.1. The first-order valence-corrected chi connectivity index (χ1v) is 9.17. The van der Waals surface area contributed by atoms with Crippen molar-refractivity contribution < 1.29 is 4.39 Å². The van der Waals surface area contributed by atoms with Crippen molar-refractivity contribution in [2.45, 2.75) is 71.1 Å². The lowest BCUT2D eigenvalue weighted by Crippen LogP contribution is -2.14. The molecule has 0 aromatic heterocycles. The third-order valence-corrected chi connectivity index (χ3v) is 5.09. The van der Waals surface area contributed by atoms with E-state index in [9.17, 15) is 4.39 Å². The first-order chi connectivity index (χ1) is 10.8. The lowest BCUT2D eigenvalue weighted by atomic mass is 9.78. The van der Waals surface area contributed by atoms with E-state index < -0.39 is 0 Å². The molecule has 0 atom stereocenters. The maximum Gasteiger partial charge on any atom is 0.123 e. The fraction of sp³-hybridized carbons (Fsp3) is 0.619. The minimum atomic E-state index is -0.150. The first-order valence-electron chi connectivity index (χ1n) is 9.17. The highest BCUT2D eigenvalue weighted by Gasteiger charge is 2.19. The van der Waals surface area contributed by atoms with Gasteiger partial charge in [-0.15, -0.1) is 0 Å². The van der Waals surface area contributed by atoms with Gasteiger partial charge in [-0.05, 0) is 55.2 Å². The van der Waals surface area contributed by atoms with Crippen LogP contribution in [0.2, 0.25) is 0 Å². The van der Waals surface area contributed by atoms with Crippen LogP contribution < -0.4 is 0 Å². The van der Waals surface area contributed by atoms with Gasteiger partial charge in [-0.1, -0.05) is 69.7 Å². The van der Waals surface area contributed by atoms with Crippen molar-refractivity contribution in [1.29, 1.82) is 0 Å². The maximum absolute atomic E-state index is 12.8. The largest absolute Gasteiger partial charge is 0.207 e. The van der Waals surface area contributed by atoms with Gasteiger partial charge < -0.3 is 0 Å². The molecule has 0 bridgehead atoms. The molecule has 22 heavy (non-hydrogen) atoms. The average Bonchev–Trinajstić information content (AvgIpc) is 2.55. The topological polar surface area (TPSA) is 0 Å². The third kappa shape index (κ3) is 6.34. The summed E-state index contributed by atoms with van der Waals surface area (Å²) >= 11 is 0. The molecule has 0 heterocycles. The van der Waals surface area contributed by atoms with Crippen LogP contribution in [0.4, 0.5) is 4.39 Å². The van der Waals surface area contributed by atoms with Gasteiger partial charge in [-0.25, -0.2) is 4.39 Å². The van der Waals surface area contributed by atoms with Gasteiger partial charge in [0.05, 0.1) is 0 Å². The molecule has 1 aromatic rings. The normalized spacial score (nSPS) is 22.3. The van der Waals surface area contributed by atoms with E-state index in [4.69, 9.17) is 0 Å². The summed E-state index contributed by atoms with van der Waals surface area (Å²) in [5.41, 5.74) is 1.19. The molecular weight excluding hydrogens is 271 g/mol. The van der Waals surface area contributed by atoms with Crippen LogP contribution >= 0.6 is 0 Å². The number of benzene rings is 1. The number of allylic oxidation sites excluding steroid dienone is 2. The molecular formula is C21H31F. The molecule has 1 aromatic carbocycles. The summed E-state index contributed by atoms with van der Waals surface area (Å²) in [4.78, 5) is 0. The van der Waals surface area contributed by atoms with E-state index in [0.717, 1.165) is 18.3 Å². The second-order valence-corrected chi connectivity index (χ2v) is 6.92. The number of unbranched alkanes of at least 4 members (excludes halogenated alkanes) is 2.